The molecule has 8 heteroatoms. The van der Waals surface area contributed by atoms with Gasteiger partial charge in [0.2, 0.25) is 10.0 Å². The predicted molar refractivity (Wildman–Crippen MR) is 84.1 cm³/mol. The van der Waals surface area contributed by atoms with Crippen LogP contribution in [0.5, 0.6) is 0 Å². The fourth-order valence-electron chi connectivity index (χ4n) is 1.74. The molecule has 0 saturated heterocycles. The molecule has 21 heavy (non-hydrogen) atoms. The molecular weight excluding hydrogens is 360 g/mol. The maximum atomic E-state index is 12.3. The summed E-state index contributed by atoms with van der Waals surface area (Å²) in [6, 6.07) is 3.33. The third kappa shape index (κ3) is 4.98. The third-order valence-corrected chi connectivity index (χ3v) is 4.93. The van der Waals surface area contributed by atoms with E-state index < -0.39 is 22.0 Å². The van der Waals surface area contributed by atoms with Gasteiger partial charge >= 0.3 is 5.97 Å². The average Bonchev–Trinajstić information content (AvgIpc) is 2.39. The molecule has 0 aliphatic heterocycles. The molecule has 0 spiro atoms. The molecule has 1 atom stereocenters. The van der Waals surface area contributed by atoms with Gasteiger partial charge in [-0.05, 0) is 46.5 Å². The Morgan fingerprint density at radius 3 is 2.52 bits per heavy atom. The second-order valence-corrected chi connectivity index (χ2v) is 7.58. The molecular formula is C13H19BrN2O4S. The van der Waals surface area contributed by atoms with E-state index in [0.29, 0.717) is 16.6 Å². The van der Waals surface area contributed by atoms with Gasteiger partial charge in [-0.1, -0.05) is 13.8 Å². The van der Waals surface area contributed by atoms with Crippen molar-refractivity contribution in [1.29, 1.82) is 0 Å². The molecule has 6 nitrogen and oxygen atoms in total. The highest BCUT2D eigenvalue weighted by Crippen LogP contribution is 2.23. The van der Waals surface area contributed by atoms with Crippen LogP contribution in [-0.2, 0) is 19.6 Å². The topological polar surface area (TPSA) is 98.5 Å². The molecule has 1 rings (SSSR count). The van der Waals surface area contributed by atoms with E-state index in [-0.39, 0.29) is 10.8 Å². The molecule has 1 unspecified atom stereocenters. The Morgan fingerprint density at radius 1 is 1.43 bits per heavy atom. The summed E-state index contributed by atoms with van der Waals surface area (Å²) in [5.74, 6) is -0.475. The molecule has 0 amide bonds. The first kappa shape index (κ1) is 17.9. The van der Waals surface area contributed by atoms with E-state index in [1.54, 1.807) is 0 Å². The van der Waals surface area contributed by atoms with Gasteiger partial charge in [0.15, 0.2) is 0 Å². The van der Waals surface area contributed by atoms with Crippen molar-refractivity contribution in [1.82, 2.24) is 4.72 Å². The summed E-state index contributed by atoms with van der Waals surface area (Å²) in [4.78, 5) is 11.7. The minimum atomic E-state index is -3.84. The first-order valence-electron chi connectivity index (χ1n) is 6.32. The minimum Gasteiger partial charge on any atom is -0.468 e. The Hall–Kier alpha value is -1.12. The number of sulfonamides is 1. The number of ether oxygens (including phenoxy) is 1. The minimum absolute atomic E-state index is 0.0289. The van der Waals surface area contributed by atoms with Gasteiger partial charge in [0.05, 0.1) is 12.0 Å². The zero-order valence-electron chi connectivity index (χ0n) is 12.1. The van der Waals surface area contributed by atoms with Crippen molar-refractivity contribution >= 4 is 37.6 Å². The molecule has 0 aliphatic rings. The third-order valence-electron chi connectivity index (χ3n) is 2.77. The molecule has 0 bridgehead atoms. The van der Waals surface area contributed by atoms with E-state index in [0.717, 1.165) is 0 Å². The van der Waals surface area contributed by atoms with Crippen molar-refractivity contribution < 1.29 is 17.9 Å². The first-order chi connectivity index (χ1) is 9.67. The number of hydrogen-bond donors (Lipinski definition) is 2. The van der Waals surface area contributed by atoms with Crippen LogP contribution in [0, 0.1) is 5.92 Å². The van der Waals surface area contributed by atoms with Gasteiger partial charge in [-0.2, -0.15) is 4.72 Å². The van der Waals surface area contributed by atoms with Crippen LogP contribution >= 0.6 is 15.9 Å². The van der Waals surface area contributed by atoms with Crippen LogP contribution < -0.4 is 10.5 Å². The van der Waals surface area contributed by atoms with E-state index in [4.69, 9.17) is 5.73 Å². The van der Waals surface area contributed by atoms with Gasteiger partial charge in [0.25, 0.3) is 0 Å². The highest BCUT2D eigenvalue weighted by molar-refractivity contribution is 9.10. The van der Waals surface area contributed by atoms with Gasteiger partial charge in [0, 0.05) is 10.2 Å². The number of esters is 1. The van der Waals surface area contributed by atoms with Crippen LogP contribution in [0.15, 0.2) is 27.6 Å². The van der Waals surface area contributed by atoms with Crippen molar-refractivity contribution in [2.75, 3.05) is 12.8 Å². The van der Waals surface area contributed by atoms with Gasteiger partial charge in [-0.3, -0.25) is 4.79 Å². The van der Waals surface area contributed by atoms with E-state index >= 15 is 0 Å². The van der Waals surface area contributed by atoms with Crippen molar-refractivity contribution in [3.8, 4) is 0 Å². The Bertz CT molecular complexity index is 617. The number of carbonyl (C=O) groups is 1. The van der Waals surface area contributed by atoms with E-state index in [9.17, 15) is 13.2 Å². The predicted octanol–water partition coefficient (Wildman–Crippen LogP) is 1.90. The summed E-state index contributed by atoms with van der Waals surface area (Å²) >= 11 is 3.18. The zero-order chi connectivity index (χ0) is 16.2. The quantitative estimate of drug-likeness (QED) is 0.581. The number of hydrogen-bond acceptors (Lipinski definition) is 5. The lowest BCUT2D eigenvalue weighted by molar-refractivity contribution is -0.143. The Morgan fingerprint density at radius 2 is 2.05 bits per heavy atom. The van der Waals surface area contributed by atoms with Crippen LogP contribution in [0.3, 0.4) is 0 Å². The second kappa shape index (κ2) is 7.24. The van der Waals surface area contributed by atoms with E-state index in [1.807, 2.05) is 13.8 Å². The fourth-order valence-corrected chi connectivity index (χ4v) is 3.49. The van der Waals surface area contributed by atoms with Crippen LogP contribution in [0.25, 0.3) is 0 Å². The highest BCUT2D eigenvalue weighted by Gasteiger charge is 2.27. The average molecular weight is 379 g/mol. The van der Waals surface area contributed by atoms with Crippen molar-refractivity contribution in [3.05, 3.63) is 22.7 Å². The number of anilines is 1. The van der Waals surface area contributed by atoms with Crippen molar-refractivity contribution in [2.45, 2.75) is 31.2 Å². The smallest absolute Gasteiger partial charge is 0.323 e. The second-order valence-electron chi connectivity index (χ2n) is 5.01. The molecule has 0 aliphatic carbocycles. The molecule has 1 aromatic carbocycles. The number of benzene rings is 1. The molecule has 1 aromatic rings. The number of nitrogens with one attached hydrogen (secondary N) is 1. The summed E-state index contributed by atoms with van der Waals surface area (Å²) in [5.41, 5.74) is 6.06. The lowest BCUT2D eigenvalue weighted by Gasteiger charge is -2.18. The van der Waals surface area contributed by atoms with Crippen LogP contribution in [-0.4, -0.2) is 27.5 Å². The van der Waals surface area contributed by atoms with Crippen molar-refractivity contribution in [2.24, 2.45) is 5.92 Å². The Labute approximate surface area is 133 Å². The summed E-state index contributed by atoms with van der Waals surface area (Å²) in [6.07, 6.45) is 0.349. The summed E-state index contributed by atoms with van der Waals surface area (Å²) in [7, 11) is -2.61. The molecule has 0 radical (unpaired) electrons. The van der Waals surface area contributed by atoms with Gasteiger partial charge in [0.1, 0.15) is 6.04 Å². The van der Waals surface area contributed by atoms with Crippen LogP contribution in [0.4, 0.5) is 5.69 Å². The maximum Gasteiger partial charge on any atom is 0.323 e. The van der Waals surface area contributed by atoms with Gasteiger partial charge < -0.3 is 10.5 Å². The fraction of sp³-hybridized carbons (Fsp3) is 0.462. The monoisotopic (exact) mass is 378 g/mol. The first-order valence-corrected chi connectivity index (χ1v) is 8.60. The molecule has 0 heterocycles. The highest BCUT2D eigenvalue weighted by atomic mass is 79.9. The number of nitrogens with two attached hydrogens (primary N) is 1. The van der Waals surface area contributed by atoms with Gasteiger partial charge in [-0.15, -0.1) is 0 Å². The molecule has 0 fully saturated rings. The largest absolute Gasteiger partial charge is 0.468 e. The number of halogens is 1. The summed E-state index contributed by atoms with van der Waals surface area (Å²) in [6.45, 7) is 3.79. The van der Waals surface area contributed by atoms with E-state index in [1.165, 1.54) is 25.3 Å². The molecule has 0 aromatic heterocycles. The Balaban J connectivity index is 3.05. The lowest BCUT2D eigenvalue weighted by atomic mass is 10.1. The summed E-state index contributed by atoms with van der Waals surface area (Å²) < 4.78 is 32.1. The summed E-state index contributed by atoms with van der Waals surface area (Å²) in [5, 5.41) is 0. The normalized spacial score (nSPS) is 13.2. The van der Waals surface area contributed by atoms with Crippen molar-refractivity contribution in [3.63, 3.8) is 0 Å². The molecule has 3 N–H and O–H groups in total. The molecule has 0 saturated carbocycles. The molecule has 118 valence electrons. The lowest BCUT2D eigenvalue weighted by Crippen LogP contribution is -2.42. The zero-order valence-corrected chi connectivity index (χ0v) is 14.5. The van der Waals surface area contributed by atoms with E-state index in [2.05, 4.69) is 25.4 Å². The standard InChI is InChI=1S/C13H19BrN2O4S/c1-8(2)6-12(13(17)20-3)16-21(18,19)9-4-5-11(15)10(14)7-9/h4-5,7-8,12,16H,6,15H2,1-3H3. The van der Waals surface area contributed by atoms with Gasteiger partial charge in [-0.25, -0.2) is 8.42 Å². The number of methoxy groups -OCH3 is 1. The van der Waals surface area contributed by atoms with Crippen LogP contribution in [0.2, 0.25) is 0 Å². The number of rotatable bonds is 6. The number of carbonyl (C=O) groups excluding carboxylic acids is 1. The number of nitrogen functional groups attached to an aromatic ring is 1. The Kier molecular flexibility index (Phi) is 6.18. The SMILES string of the molecule is COC(=O)C(CC(C)C)NS(=O)(=O)c1ccc(N)c(Br)c1. The van der Waals surface area contributed by atoms with Crippen LogP contribution in [0.1, 0.15) is 20.3 Å². The maximum absolute atomic E-state index is 12.3.